The molecule has 11 heteroatoms. The van der Waals surface area contributed by atoms with Crippen molar-refractivity contribution in [1.29, 1.82) is 0 Å². The molecule has 1 aliphatic heterocycles. The molecule has 0 radical (unpaired) electrons. The summed E-state index contributed by atoms with van der Waals surface area (Å²) >= 11 is 0. The van der Waals surface area contributed by atoms with Gasteiger partial charge in [-0.05, 0) is 86.4 Å². The van der Waals surface area contributed by atoms with Crippen LogP contribution < -0.4 is 15.0 Å². The molecule has 1 fully saturated rings. The fourth-order valence-electron chi connectivity index (χ4n) is 7.33. The molecular formula is C36H27F3N2O6. The maximum absolute atomic E-state index is 14.2. The van der Waals surface area contributed by atoms with E-state index in [1.165, 1.54) is 13.0 Å². The Hall–Kier alpha value is -5.45. The van der Waals surface area contributed by atoms with Gasteiger partial charge >= 0.3 is 6.36 Å². The van der Waals surface area contributed by atoms with Gasteiger partial charge in [-0.2, -0.15) is 0 Å². The van der Waals surface area contributed by atoms with Gasteiger partial charge in [0.15, 0.2) is 11.6 Å². The Morgan fingerprint density at radius 3 is 2.30 bits per heavy atom. The van der Waals surface area contributed by atoms with E-state index in [9.17, 15) is 37.5 Å². The van der Waals surface area contributed by atoms with Gasteiger partial charge in [-0.1, -0.05) is 29.8 Å². The van der Waals surface area contributed by atoms with E-state index in [0.29, 0.717) is 11.3 Å². The average molecular weight is 641 g/mol. The number of carbonyl (C=O) groups is 4. The van der Waals surface area contributed by atoms with E-state index in [-0.39, 0.29) is 35.1 Å². The third-order valence-electron chi connectivity index (χ3n) is 9.29. The van der Waals surface area contributed by atoms with Crippen molar-refractivity contribution in [3.8, 4) is 11.5 Å². The normalized spacial score (nSPS) is 24.0. The zero-order valence-corrected chi connectivity index (χ0v) is 24.9. The highest BCUT2D eigenvalue weighted by atomic mass is 19.4. The molecule has 0 bridgehead atoms. The first-order valence-corrected chi connectivity index (χ1v) is 15.0. The molecule has 2 amide bonds. The summed E-state index contributed by atoms with van der Waals surface area (Å²) in [5, 5.41) is 14.2. The number of hydrogen-bond donors (Lipinski definition) is 2. The summed E-state index contributed by atoms with van der Waals surface area (Å²) < 4.78 is 43.5. The molecule has 3 aromatic carbocycles. The van der Waals surface area contributed by atoms with Crippen molar-refractivity contribution < 1.29 is 42.2 Å². The van der Waals surface area contributed by atoms with Crippen LogP contribution in [-0.4, -0.2) is 34.8 Å². The molecule has 1 saturated heterocycles. The number of fused-ring (bicyclic) bond motifs is 3. The lowest BCUT2D eigenvalue weighted by Gasteiger charge is -2.42. The van der Waals surface area contributed by atoms with Crippen LogP contribution in [0.4, 0.5) is 30.2 Å². The Morgan fingerprint density at radius 2 is 1.60 bits per heavy atom. The lowest BCUT2D eigenvalue weighted by molar-refractivity contribution is -0.274. The van der Waals surface area contributed by atoms with Crippen molar-refractivity contribution in [2.24, 2.45) is 17.8 Å². The van der Waals surface area contributed by atoms with Gasteiger partial charge in [0.2, 0.25) is 11.8 Å². The number of anilines is 3. The number of rotatable bonds is 5. The predicted octanol–water partition coefficient (Wildman–Crippen LogP) is 6.67. The number of alkyl halides is 3. The number of allylic oxidation sites excluding steroid dienone is 6. The van der Waals surface area contributed by atoms with Crippen molar-refractivity contribution in [1.82, 2.24) is 0 Å². The van der Waals surface area contributed by atoms with Crippen LogP contribution in [0.25, 0.3) is 0 Å². The highest BCUT2D eigenvalue weighted by Gasteiger charge is 2.57. The topological polar surface area (TPSA) is 113 Å². The van der Waals surface area contributed by atoms with Gasteiger partial charge in [0.05, 0.1) is 17.5 Å². The Bertz CT molecular complexity index is 1940. The zero-order chi connectivity index (χ0) is 33.2. The predicted molar refractivity (Wildman–Crippen MR) is 165 cm³/mol. The molecule has 0 saturated carbocycles. The van der Waals surface area contributed by atoms with Crippen molar-refractivity contribution in [2.45, 2.75) is 32.0 Å². The highest BCUT2D eigenvalue weighted by Crippen LogP contribution is 2.56. The minimum atomic E-state index is -5.02. The van der Waals surface area contributed by atoms with Crippen molar-refractivity contribution in [3.63, 3.8) is 0 Å². The lowest BCUT2D eigenvalue weighted by Crippen LogP contribution is -2.39. The number of ether oxygens (including phenoxy) is 1. The number of nitrogens with one attached hydrogen (secondary N) is 1. The van der Waals surface area contributed by atoms with Crippen LogP contribution in [0.2, 0.25) is 0 Å². The smallest absolute Gasteiger partial charge is 0.508 e. The molecule has 4 atom stereocenters. The summed E-state index contributed by atoms with van der Waals surface area (Å²) in [6, 6.07) is 19.3. The fraction of sp³-hybridized carbons (Fsp3) is 0.222. The first kappa shape index (κ1) is 30.2. The molecule has 1 heterocycles. The van der Waals surface area contributed by atoms with E-state index >= 15 is 0 Å². The van der Waals surface area contributed by atoms with Crippen molar-refractivity contribution in [2.75, 3.05) is 10.2 Å². The number of halogens is 3. The SMILES string of the molecule is CC1=CC(=O)C2=C(CC3C(=CCC4C(=O)N(c5ccc(Nc6ccccc6)cc5)C(=O)C43)C2c2cc(OC(F)(F)F)ccc2O)C1=O. The van der Waals surface area contributed by atoms with Crippen LogP contribution in [0.15, 0.2) is 107 Å². The number of imide groups is 1. The largest absolute Gasteiger partial charge is 0.573 e. The molecule has 238 valence electrons. The van der Waals surface area contributed by atoms with Gasteiger partial charge in [-0.3, -0.25) is 24.1 Å². The first-order chi connectivity index (χ1) is 22.4. The molecule has 3 aliphatic carbocycles. The molecular weight excluding hydrogens is 613 g/mol. The average Bonchev–Trinajstić information content (AvgIpc) is 3.29. The quantitative estimate of drug-likeness (QED) is 0.182. The molecule has 0 aromatic heterocycles. The van der Waals surface area contributed by atoms with E-state index < -0.39 is 64.9 Å². The zero-order valence-electron chi connectivity index (χ0n) is 24.9. The number of nitrogens with zero attached hydrogens (tertiary/aromatic N) is 1. The Labute approximate surface area is 266 Å². The molecule has 47 heavy (non-hydrogen) atoms. The van der Waals surface area contributed by atoms with Gasteiger partial charge in [-0.25, -0.2) is 0 Å². The number of hydrogen-bond acceptors (Lipinski definition) is 7. The lowest BCUT2D eigenvalue weighted by atomic mass is 9.59. The fourth-order valence-corrected chi connectivity index (χ4v) is 7.33. The third-order valence-corrected chi connectivity index (χ3v) is 9.29. The minimum Gasteiger partial charge on any atom is -0.508 e. The van der Waals surface area contributed by atoms with Crippen molar-refractivity contribution >= 4 is 40.4 Å². The second-order valence-electron chi connectivity index (χ2n) is 12.0. The Morgan fingerprint density at radius 1 is 0.894 bits per heavy atom. The maximum atomic E-state index is 14.2. The summed E-state index contributed by atoms with van der Waals surface area (Å²) in [6.45, 7) is 1.49. The maximum Gasteiger partial charge on any atom is 0.573 e. The number of aromatic hydroxyl groups is 1. The number of carbonyl (C=O) groups excluding carboxylic acids is 4. The molecule has 7 rings (SSSR count). The number of para-hydroxylation sites is 1. The van der Waals surface area contributed by atoms with Gasteiger partial charge in [-0.15, -0.1) is 13.2 Å². The van der Waals surface area contributed by atoms with Crippen LogP contribution in [-0.2, 0) is 19.2 Å². The Balaban J connectivity index is 1.27. The molecule has 0 spiro atoms. The van der Waals surface area contributed by atoms with Crippen molar-refractivity contribution in [3.05, 3.63) is 113 Å². The summed E-state index contributed by atoms with van der Waals surface area (Å²) in [5.74, 6) is -6.35. The van der Waals surface area contributed by atoms with Crippen LogP contribution in [0.5, 0.6) is 11.5 Å². The summed E-state index contributed by atoms with van der Waals surface area (Å²) in [7, 11) is 0. The highest BCUT2D eigenvalue weighted by molar-refractivity contribution is 6.25. The number of Topliss-reactive ketones (excluding diaryl/α,β-unsaturated/α-hetero) is 1. The van der Waals surface area contributed by atoms with Crippen LogP contribution >= 0.6 is 0 Å². The molecule has 2 N–H and O–H groups in total. The van der Waals surface area contributed by atoms with E-state index in [2.05, 4.69) is 10.1 Å². The van der Waals surface area contributed by atoms with Gasteiger partial charge in [0.25, 0.3) is 0 Å². The molecule has 8 nitrogen and oxygen atoms in total. The summed E-state index contributed by atoms with van der Waals surface area (Å²) in [5.41, 5.74) is 2.75. The minimum absolute atomic E-state index is 0.0130. The monoisotopic (exact) mass is 640 g/mol. The summed E-state index contributed by atoms with van der Waals surface area (Å²) in [4.78, 5) is 56.0. The second-order valence-corrected chi connectivity index (χ2v) is 12.0. The van der Waals surface area contributed by atoms with E-state index in [0.717, 1.165) is 34.5 Å². The van der Waals surface area contributed by atoms with Crippen LogP contribution in [0.1, 0.15) is 31.2 Å². The van der Waals surface area contributed by atoms with E-state index in [4.69, 9.17) is 0 Å². The third kappa shape index (κ3) is 5.21. The van der Waals surface area contributed by atoms with Crippen LogP contribution in [0.3, 0.4) is 0 Å². The molecule has 4 aliphatic rings. The van der Waals surface area contributed by atoms with Gasteiger partial charge < -0.3 is 15.2 Å². The molecule has 3 aromatic rings. The van der Waals surface area contributed by atoms with Gasteiger partial charge in [0, 0.05) is 39.6 Å². The standard InChI is InChI=1S/C36H27F3N2O6/c1-18-15-29(43)32-27(33(18)44)17-25-23(30(32)26-16-22(11-14-28(26)42)47-36(37,38)39)12-13-24-31(25)35(46)41(34(24)45)21-9-7-20(8-10-21)40-19-5-3-2-4-6-19/h2-12,14-16,24-25,30-31,40,42H,13,17H2,1H3. The number of phenolic OH excluding ortho intramolecular Hbond substituents is 1. The van der Waals surface area contributed by atoms with Crippen LogP contribution in [0, 0.1) is 17.8 Å². The second kappa shape index (κ2) is 11.1. The van der Waals surface area contributed by atoms with E-state index in [1.807, 2.05) is 30.3 Å². The number of amides is 2. The Kier molecular flexibility index (Phi) is 7.14. The summed E-state index contributed by atoms with van der Waals surface area (Å²) in [6.07, 6.45) is -2.00. The number of benzene rings is 3. The number of ketones is 2. The first-order valence-electron chi connectivity index (χ1n) is 15.0. The van der Waals surface area contributed by atoms with Gasteiger partial charge in [0.1, 0.15) is 11.5 Å². The van der Waals surface area contributed by atoms with E-state index in [1.54, 1.807) is 30.3 Å². The number of phenols is 1. The molecule has 4 unspecified atom stereocenters.